The average molecular weight is 359 g/mol. The fourth-order valence-electron chi connectivity index (χ4n) is 3.14. The van der Waals surface area contributed by atoms with Crippen molar-refractivity contribution in [3.63, 3.8) is 0 Å². The van der Waals surface area contributed by atoms with Gasteiger partial charge in [-0.05, 0) is 55.5 Å². The molecule has 2 N–H and O–H groups in total. The third kappa shape index (κ3) is 3.75. The van der Waals surface area contributed by atoms with Crippen LogP contribution in [0.15, 0.2) is 47.4 Å². The molecule has 2 unspecified atom stereocenters. The summed E-state index contributed by atoms with van der Waals surface area (Å²) in [6.45, 7) is 3.56. The Kier molecular flexibility index (Phi) is 4.67. The van der Waals surface area contributed by atoms with E-state index in [9.17, 15) is 13.2 Å². The molecule has 0 radical (unpaired) electrons. The zero-order valence-corrected chi connectivity index (χ0v) is 15.0. The van der Waals surface area contributed by atoms with Gasteiger partial charge in [-0.1, -0.05) is 35.9 Å². The summed E-state index contributed by atoms with van der Waals surface area (Å²) >= 11 is 0. The maximum absolute atomic E-state index is 12.5. The molecular formula is C19H21NO4S. The van der Waals surface area contributed by atoms with E-state index in [0.29, 0.717) is 12.8 Å². The molecule has 132 valence electrons. The fourth-order valence-corrected chi connectivity index (χ4v) is 4.37. The van der Waals surface area contributed by atoms with Gasteiger partial charge in [0.2, 0.25) is 10.0 Å². The predicted molar refractivity (Wildman–Crippen MR) is 95.2 cm³/mol. The highest BCUT2D eigenvalue weighted by Crippen LogP contribution is 2.27. The molecule has 0 bridgehead atoms. The van der Waals surface area contributed by atoms with Crippen molar-refractivity contribution in [2.45, 2.75) is 43.5 Å². The number of carbonyl (C=O) groups is 1. The van der Waals surface area contributed by atoms with Crippen molar-refractivity contribution in [1.82, 2.24) is 4.72 Å². The molecule has 1 aliphatic carbocycles. The maximum Gasteiger partial charge on any atom is 0.310 e. The summed E-state index contributed by atoms with van der Waals surface area (Å²) < 4.78 is 27.8. The van der Waals surface area contributed by atoms with E-state index in [2.05, 4.69) is 4.72 Å². The maximum atomic E-state index is 12.5. The zero-order chi connectivity index (χ0) is 18.2. The Balaban J connectivity index is 1.76. The first-order chi connectivity index (χ1) is 11.8. The Hall–Kier alpha value is -2.18. The van der Waals surface area contributed by atoms with Gasteiger partial charge in [0, 0.05) is 6.04 Å². The largest absolute Gasteiger partial charge is 0.481 e. The first-order valence-electron chi connectivity index (χ1n) is 8.20. The number of carboxylic acid groups (broad SMARTS) is 1. The van der Waals surface area contributed by atoms with Crippen LogP contribution in [0.1, 0.15) is 35.1 Å². The van der Waals surface area contributed by atoms with Crippen LogP contribution in [0.3, 0.4) is 0 Å². The third-order valence-corrected chi connectivity index (χ3v) is 6.22. The van der Waals surface area contributed by atoms with E-state index in [-0.39, 0.29) is 10.9 Å². The molecule has 3 rings (SSSR count). The van der Waals surface area contributed by atoms with E-state index in [1.54, 1.807) is 31.2 Å². The summed E-state index contributed by atoms with van der Waals surface area (Å²) in [6, 6.07) is 12.2. The predicted octanol–water partition coefficient (Wildman–Crippen LogP) is 2.63. The van der Waals surface area contributed by atoms with Crippen LogP contribution in [0.2, 0.25) is 0 Å². The average Bonchev–Trinajstić information content (AvgIpc) is 2.94. The van der Waals surface area contributed by atoms with Gasteiger partial charge in [0.15, 0.2) is 0 Å². The topological polar surface area (TPSA) is 83.5 Å². The van der Waals surface area contributed by atoms with Gasteiger partial charge in [-0.2, -0.15) is 0 Å². The third-order valence-electron chi connectivity index (χ3n) is 4.69. The normalized spacial score (nSPS) is 17.9. The monoisotopic (exact) mass is 359 g/mol. The van der Waals surface area contributed by atoms with Gasteiger partial charge in [-0.15, -0.1) is 0 Å². The second-order valence-electron chi connectivity index (χ2n) is 6.63. The van der Waals surface area contributed by atoms with E-state index >= 15 is 0 Å². The van der Waals surface area contributed by atoms with Gasteiger partial charge < -0.3 is 5.11 Å². The van der Waals surface area contributed by atoms with Crippen LogP contribution in [0.4, 0.5) is 0 Å². The number of benzene rings is 2. The van der Waals surface area contributed by atoms with E-state index in [1.807, 2.05) is 25.1 Å². The lowest BCUT2D eigenvalue weighted by Gasteiger charge is -2.12. The lowest BCUT2D eigenvalue weighted by Crippen LogP contribution is -2.35. The number of carboxylic acids is 1. The van der Waals surface area contributed by atoms with E-state index in [0.717, 1.165) is 22.3 Å². The molecule has 0 aliphatic heterocycles. The molecule has 1 aliphatic rings. The van der Waals surface area contributed by atoms with Crippen LogP contribution < -0.4 is 4.72 Å². The molecule has 2 atom stereocenters. The first-order valence-corrected chi connectivity index (χ1v) is 9.68. The Bertz CT molecular complexity index is 904. The van der Waals surface area contributed by atoms with Crippen LogP contribution in [0, 0.1) is 6.92 Å². The minimum Gasteiger partial charge on any atom is -0.481 e. The molecule has 2 aromatic carbocycles. The number of sulfonamides is 1. The Morgan fingerprint density at radius 2 is 1.76 bits per heavy atom. The highest BCUT2D eigenvalue weighted by atomic mass is 32.2. The number of hydrogen-bond acceptors (Lipinski definition) is 3. The second kappa shape index (κ2) is 6.61. The van der Waals surface area contributed by atoms with E-state index < -0.39 is 21.9 Å². The molecule has 0 amide bonds. The number of hydrogen-bond donors (Lipinski definition) is 2. The van der Waals surface area contributed by atoms with Crippen molar-refractivity contribution in [2.24, 2.45) is 0 Å². The molecule has 0 spiro atoms. The van der Waals surface area contributed by atoms with Gasteiger partial charge in [0.25, 0.3) is 0 Å². The molecular weight excluding hydrogens is 338 g/mol. The van der Waals surface area contributed by atoms with Crippen molar-refractivity contribution in [3.05, 3.63) is 64.7 Å². The smallest absolute Gasteiger partial charge is 0.310 e. The Morgan fingerprint density at radius 1 is 1.12 bits per heavy atom. The van der Waals surface area contributed by atoms with Crippen molar-refractivity contribution in [3.8, 4) is 0 Å². The minimum atomic E-state index is -3.56. The summed E-state index contributed by atoms with van der Waals surface area (Å²) in [6.07, 6.45) is 1.18. The van der Waals surface area contributed by atoms with Crippen LogP contribution in [0.5, 0.6) is 0 Å². The highest BCUT2D eigenvalue weighted by molar-refractivity contribution is 7.89. The number of aliphatic carboxylic acids is 1. The summed E-state index contributed by atoms with van der Waals surface area (Å²) in [5.41, 5.74) is 3.83. The molecule has 0 heterocycles. The van der Waals surface area contributed by atoms with Crippen LogP contribution in [0.25, 0.3) is 0 Å². The number of fused-ring (bicyclic) bond motifs is 1. The summed E-state index contributed by atoms with van der Waals surface area (Å²) in [5, 5.41) is 9.14. The van der Waals surface area contributed by atoms with Crippen molar-refractivity contribution in [1.29, 1.82) is 0 Å². The summed E-state index contributed by atoms with van der Waals surface area (Å²) in [7, 11) is -3.56. The van der Waals surface area contributed by atoms with Crippen molar-refractivity contribution >= 4 is 16.0 Å². The number of rotatable bonds is 5. The summed E-state index contributed by atoms with van der Waals surface area (Å²) in [4.78, 5) is 11.4. The van der Waals surface area contributed by atoms with Crippen LogP contribution in [-0.2, 0) is 27.7 Å². The highest BCUT2D eigenvalue weighted by Gasteiger charge is 2.27. The molecule has 0 saturated carbocycles. The van der Waals surface area contributed by atoms with Gasteiger partial charge in [0.05, 0.1) is 10.8 Å². The molecule has 5 nitrogen and oxygen atoms in total. The van der Waals surface area contributed by atoms with Gasteiger partial charge >= 0.3 is 5.97 Å². The van der Waals surface area contributed by atoms with Crippen molar-refractivity contribution < 1.29 is 18.3 Å². The Labute approximate surface area is 147 Å². The van der Waals surface area contributed by atoms with Crippen LogP contribution >= 0.6 is 0 Å². The summed E-state index contributed by atoms with van der Waals surface area (Å²) in [5.74, 6) is -1.44. The molecule has 0 aromatic heterocycles. The van der Waals surface area contributed by atoms with E-state index in [1.165, 1.54) is 0 Å². The van der Waals surface area contributed by atoms with Gasteiger partial charge in [0.1, 0.15) is 0 Å². The Morgan fingerprint density at radius 3 is 2.40 bits per heavy atom. The van der Waals surface area contributed by atoms with E-state index in [4.69, 9.17) is 5.11 Å². The zero-order valence-electron chi connectivity index (χ0n) is 14.2. The van der Waals surface area contributed by atoms with Gasteiger partial charge in [-0.25, -0.2) is 13.1 Å². The first kappa shape index (κ1) is 17.6. The minimum absolute atomic E-state index is 0.211. The standard InChI is InChI=1S/C19H21NO4S/c1-12-3-7-18(8-4-12)25(23,24)20-17-10-15-6-5-14(9-16(15)11-17)13(2)19(21)22/h3-9,13,17,20H,10-11H2,1-2H3,(H,21,22). The molecule has 0 saturated heterocycles. The SMILES string of the molecule is Cc1ccc(S(=O)(=O)NC2Cc3ccc(C(C)C(=O)O)cc3C2)cc1. The van der Waals surface area contributed by atoms with Crippen LogP contribution in [-0.4, -0.2) is 25.5 Å². The molecule has 2 aromatic rings. The van der Waals surface area contributed by atoms with Crippen molar-refractivity contribution in [2.75, 3.05) is 0 Å². The molecule has 25 heavy (non-hydrogen) atoms. The number of nitrogens with one attached hydrogen (secondary N) is 1. The fraction of sp³-hybridized carbons (Fsp3) is 0.316. The quantitative estimate of drug-likeness (QED) is 0.860. The van der Waals surface area contributed by atoms with Gasteiger partial charge in [-0.3, -0.25) is 4.79 Å². The lowest BCUT2D eigenvalue weighted by atomic mass is 9.97. The lowest BCUT2D eigenvalue weighted by molar-refractivity contribution is -0.138. The second-order valence-corrected chi connectivity index (χ2v) is 8.34. The molecule has 6 heteroatoms. The molecule has 0 fully saturated rings. The number of aryl methyl sites for hydroxylation is 1.